The van der Waals surface area contributed by atoms with Crippen molar-refractivity contribution in [2.24, 2.45) is 0 Å². The zero-order valence-electron chi connectivity index (χ0n) is 12.5. The third-order valence-electron chi connectivity index (χ3n) is 3.93. The second-order valence-corrected chi connectivity index (χ2v) is 5.74. The van der Waals surface area contributed by atoms with Crippen LogP contribution in [-0.4, -0.2) is 66.9 Å². The van der Waals surface area contributed by atoms with Crippen LogP contribution in [0.2, 0.25) is 0 Å². The molecule has 2 atom stereocenters. The SMILES string of the molecule is CC1CN(CC(O)COCc2ccccc2)CCN1C. The number of rotatable bonds is 6. The van der Waals surface area contributed by atoms with Crippen LogP contribution in [0.15, 0.2) is 30.3 Å². The van der Waals surface area contributed by atoms with Gasteiger partial charge in [0.25, 0.3) is 0 Å². The van der Waals surface area contributed by atoms with Gasteiger partial charge >= 0.3 is 0 Å². The van der Waals surface area contributed by atoms with Crippen LogP contribution in [0.25, 0.3) is 0 Å². The Morgan fingerprint density at radius 1 is 1.30 bits per heavy atom. The molecular weight excluding hydrogens is 252 g/mol. The number of benzene rings is 1. The highest BCUT2D eigenvalue weighted by molar-refractivity contribution is 5.13. The lowest BCUT2D eigenvalue weighted by molar-refractivity contribution is -0.00310. The van der Waals surface area contributed by atoms with E-state index in [1.54, 1.807) is 0 Å². The molecule has 4 nitrogen and oxygen atoms in total. The summed E-state index contributed by atoms with van der Waals surface area (Å²) in [6, 6.07) is 10.6. The molecule has 1 aliphatic heterocycles. The molecule has 0 aromatic heterocycles. The summed E-state index contributed by atoms with van der Waals surface area (Å²) in [5, 5.41) is 10.1. The molecule has 2 unspecified atom stereocenters. The third kappa shape index (κ3) is 4.87. The van der Waals surface area contributed by atoms with Crippen LogP contribution in [0.1, 0.15) is 12.5 Å². The van der Waals surface area contributed by atoms with Crippen molar-refractivity contribution in [2.75, 3.05) is 39.8 Å². The summed E-state index contributed by atoms with van der Waals surface area (Å²) < 4.78 is 5.58. The minimum Gasteiger partial charge on any atom is -0.389 e. The fourth-order valence-electron chi connectivity index (χ4n) is 2.53. The summed E-state index contributed by atoms with van der Waals surface area (Å²) in [4.78, 5) is 4.68. The van der Waals surface area contributed by atoms with Gasteiger partial charge in [0.15, 0.2) is 0 Å². The first-order chi connectivity index (χ1) is 9.65. The molecule has 1 aromatic carbocycles. The number of hydrogen-bond acceptors (Lipinski definition) is 4. The maximum Gasteiger partial charge on any atom is 0.0900 e. The number of nitrogens with zero attached hydrogens (tertiary/aromatic N) is 2. The molecule has 1 fully saturated rings. The van der Waals surface area contributed by atoms with E-state index >= 15 is 0 Å². The second-order valence-electron chi connectivity index (χ2n) is 5.74. The molecule has 0 amide bonds. The maximum atomic E-state index is 10.1. The Morgan fingerprint density at radius 3 is 2.75 bits per heavy atom. The van der Waals surface area contributed by atoms with Gasteiger partial charge in [-0.3, -0.25) is 4.90 Å². The van der Waals surface area contributed by atoms with Crippen LogP contribution in [0.5, 0.6) is 0 Å². The number of aliphatic hydroxyl groups excluding tert-OH is 1. The zero-order valence-corrected chi connectivity index (χ0v) is 12.5. The molecular formula is C16H26N2O2. The van der Waals surface area contributed by atoms with Crippen LogP contribution in [0, 0.1) is 0 Å². The van der Waals surface area contributed by atoms with Crippen LogP contribution in [0.4, 0.5) is 0 Å². The van der Waals surface area contributed by atoms with Gasteiger partial charge < -0.3 is 14.7 Å². The molecule has 4 heteroatoms. The van der Waals surface area contributed by atoms with E-state index in [0.717, 1.165) is 25.2 Å². The largest absolute Gasteiger partial charge is 0.389 e. The van der Waals surface area contributed by atoms with Gasteiger partial charge in [-0.25, -0.2) is 0 Å². The molecule has 112 valence electrons. The van der Waals surface area contributed by atoms with E-state index in [0.29, 0.717) is 25.8 Å². The van der Waals surface area contributed by atoms with Crippen molar-refractivity contribution >= 4 is 0 Å². The minimum absolute atomic E-state index is 0.398. The van der Waals surface area contributed by atoms with Gasteiger partial charge in [0, 0.05) is 32.2 Å². The van der Waals surface area contributed by atoms with Gasteiger partial charge in [-0.15, -0.1) is 0 Å². The quantitative estimate of drug-likeness (QED) is 0.848. The Hall–Kier alpha value is -0.940. The Bertz CT molecular complexity index is 385. The average Bonchev–Trinajstić information content (AvgIpc) is 2.44. The third-order valence-corrected chi connectivity index (χ3v) is 3.93. The summed E-state index contributed by atoms with van der Waals surface area (Å²) in [5.74, 6) is 0. The lowest BCUT2D eigenvalue weighted by atomic mass is 10.2. The smallest absolute Gasteiger partial charge is 0.0900 e. The molecule has 1 aliphatic rings. The van der Waals surface area contributed by atoms with E-state index in [9.17, 15) is 5.11 Å². The minimum atomic E-state index is -0.408. The van der Waals surface area contributed by atoms with Gasteiger partial charge in [0.1, 0.15) is 0 Å². The van der Waals surface area contributed by atoms with E-state index < -0.39 is 6.10 Å². The molecule has 0 aliphatic carbocycles. The number of β-amino-alcohol motifs (C(OH)–C–C–N with tert-alkyl or cyclic N) is 1. The molecule has 1 saturated heterocycles. The van der Waals surface area contributed by atoms with E-state index in [1.807, 2.05) is 30.3 Å². The molecule has 0 spiro atoms. The van der Waals surface area contributed by atoms with E-state index in [1.165, 1.54) is 0 Å². The Kier molecular flexibility index (Phi) is 5.98. The molecule has 0 bridgehead atoms. The van der Waals surface area contributed by atoms with E-state index in [2.05, 4.69) is 23.8 Å². The summed E-state index contributed by atoms with van der Waals surface area (Å²) in [6.45, 7) is 7.01. The van der Waals surface area contributed by atoms with Crippen LogP contribution in [-0.2, 0) is 11.3 Å². The Labute approximate surface area is 122 Å². The predicted molar refractivity (Wildman–Crippen MR) is 80.6 cm³/mol. The summed E-state index contributed by atoms with van der Waals surface area (Å²) in [6.07, 6.45) is -0.408. The highest BCUT2D eigenvalue weighted by Gasteiger charge is 2.22. The molecule has 1 heterocycles. The van der Waals surface area contributed by atoms with Crippen molar-refractivity contribution in [2.45, 2.75) is 25.7 Å². The van der Waals surface area contributed by atoms with Gasteiger partial charge in [0.2, 0.25) is 0 Å². The molecule has 2 rings (SSSR count). The normalized spacial score (nSPS) is 22.9. The topological polar surface area (TPSA) is 35.9 Å². The number of aliphatic hydroxyl groups is 1. The lowest BCUT2D eigenvalue weighted by Gasteiger charge is -2.38. The van der Waals surface area contributed by atoms with Gasteiger partial charge in [-0.05, 0) is 19.5 Å². The first kappa shape index (κ1) is 15.4. The second kappa shape index (κ2) is 7.74. The number of ether oxygens (including phenoxy) is 1. The molecule has 0 saturated carbocycles. The zero-order chi connectivity index (χ0) is 14.4. The van der Waals surface area contributed by atoms with Crippen LogP contribution < -0.4 is 0 Å². The summed E-state index contributed by atoms with van der Waals surface area (Å²) >= 11 is 0. The molecule has 0 radical (unpaired) electrons. The van der Waals surface area contributed by atoms with Crippen molar-refractivity contribution < 1.29 is 9.84 Å². The van der Waals surface area contributed by atoms with Gasteiger partial charge in [-0.1, -0.05) is 30.3 Å². The fourth-order valence-corrected chi connectivity index (χ4v) is 2.53. The summed E-state index contributed by atoms with van der Waals surface area (Å²) in [5.41, 5.74) is 1.15. The Balaban J connectivity index is 1.64. The monoisotopic (exact) mass is 278 g/mol. The van der Waals surface area contributed by atoms with Crippen molar-refractivity contribution in [3.8, 4) is 0 Å². The first-order valence-electron chi connectivity index (χ1n) is 7.37. The predicted octanol–water partition coefficient (Wildman–Crippen LogP) is 1.20. The molecule has 1 N–H and O–H groups in total. The van der Waals surface area contributed by atoms with Crippen molar-refractivity contribution in [3.63, 3.8) is 0 Å². The van der Waals surface area contributed by atoms with Gasteiger partial charge in [0.05, 0.1) is 19.3 Å². The maximum absolute atomic E-state index is 10.1. The highest BCUT2D eigenvalue weighted by Crippen LogP contribution is 2.08. The number of piperazine rings is 1. The van der Waals surface area contributed by atoms with E-state index in [4.69, 9.17) is 4.74 Å². The van der Waals surface area contributed by atoms with Crippen LogP contribution in [0.3, 0.4) is 0 Å². The molecule has 1 aromatic rings. The number of likely N-dealkylation sites (N-methyl/N-ethyl adjacent to an activating group) is 1. The first-order valence-corrected chi connectivity index (χ1v) is 7.37. The van der Waals surface area contributed by atoms with Crippen molar-refractivity contribution in [1.82, 2.24) is 9.80 Å². The van der Waals surface area contributed by atoms with Crippen LogP contribution >= 0.6 is 0 Å². The molecule has 20 heavy (non-hydrogen) atoms. The highest BCUT2D eigenvalue weighted by atomic mass is 16.5. The standard InChI is InChI=1S/C16H26N2O2/c1-14-10-18(9-8-17(14)2)11-16(19)13-20-12-15-6-4-3-5-7-15/h3-7,14,16,19H,8-13H2,1-2H3. The average molecular weight is 278 g/mol. The van der Waals surface area contributed by atoms with Crippen molar-refractivity contribution in [3.05, 3.63) is 35.9 Å². The Morgan fingerprint density at radius 2 is 2.05 bits per heavy atom. The summed E-state index contributed by atoms with van der Waals surface area (Å²) in [7, 11) is 2.15. The van der Waals surface area contributed by atoms with E-state index in [-0.39, 0.29) is 0 Å². The van der Waals surface area contributed by atoms with Crippen molar-refractivity contribution in [1.29, 1.82) is 0 Å². The lowest BCUT2D eigenvalue weighted by Crippen LogP contribution is -2.52. The fraction of sp³-hybridized carbons (Fsp3) is 0.625. The number of hydrogen-bond donors (Lipinski definition) is 1. The van der Waals surface area contributed by atoms with Gasteiger partial charge in [-0.2, -0.15) is 0 Å².